The van der Waals surface area contributed by atoms with Gasteiger partial charge in [0.2, 0.25) is 0 Å². The second-order valence-corrected chi connectivity index (χ2v) is 4.14. The third-order valence-electron chi connectivity index (χ3n) is 3.19. The summed E-state index contributed by atoms with van der Waals surface area (Å²) in [6.45, 7) is 0. The van der Waals surface area contributed by atoms with Crippen molar-refractivity contribution in [2.45, 2.75) is 31.8 Å². The van der Waals surface area contributed by atoms with Crippen LogP contribution in [0.4, 0.5) is 0 Å². The Morgan fingerprint density at radius 1 is 1.31 bits per heavy atom. The van der Waals surface area contributed by atoms with Gasteiger partial charge in [-0.1, -0.05) is 0 Å². The smallest absolute Gasteiger partial charge is 0.0944 e. The van der Waals surface area contributed by atoms with Crippen LogP contribution in [0.1, 0.15) is 25.7 Å². The predicted octanol–water partition coefficient (Wildman–Crippen LogP) is 2.35. The van der Waals surface area contributed by atoms with Gasteiger partial charge in [0.15, 0.2) is 0 Å². The normalized spacial score (nSPS) is 34.2. The Bertz CT molecular complexity index is 206. The van der Waals surface area contributed by atoms with Crippen LogP contribution >= 0.6 is 0 Å². The molecule has 0 unspecified atom stereocenters. The van der Waals surface area contributed by atoms with Crippen LogP contribution in [0.2, 0.25) is 0 Å². The van der Waals surface area contributed by atoms with E-state index in [-0.39, 0.29) is 0 Å². The van der Waals surface area contributed by atoms with Gasteiger partial charge in [0.1, 0.15) is 0 Å². The quantitative estimate of drug-likeness (QED) is 0.667. The highest BCUT2D eigenvalue weighted by Gasteiger charge is 2.34. The fraction of sp³-hybridized carbons (Fsp3) is 0.818. The van der Waals surface area contributed by atoms with E-state index in [4.69, 9.17) is 9.47 Å². The molecule has 0 radical (unpaired) electrons. The summed E-state index contributed by atoms with van der Waals surface area (Å²) < 4.78 is 10.7. The van der Waals surface area contributed by atoms with Crippen LogP contribution < -0.4 is 0 Å². The Hall–Kier alpha value is -0.500. The first-order valence-corrected chi connectivity index (χ1v) is 5.11. The average Bonchev–Trinajstić information content (AvgIpc) is 3.00. The summed E-state index contributed by atoms with van der Waals surface area (Å²) in [7, 11) is 3.56. The van der Waals surface area contributed by atoms with E-state index in [2.05, 4.69) is 6.08 Å². The summed E-state index contributed by atoms with van der Waals surface area (Å²) in [5, 5.41) is 0. The molecular formula is C11H18O2. The maximum absolute atomic E-state index is 5.41. The Labute approximate surface area is 79.9 Å². The maximum atomic E-state index is 5.41. The molecule has 0 bridgehead atoms. The molecule has 2 heteroatoms. The van der Waals surface area contributed by atoms with E-state index >= 15 is 0 Å². The van der Waals surface area contributed by atoms with Crippen LogP contribution in [0.3, 0.4) is 0 Å². The second kappa shape index (κ2) is 3.70. The van der Waals surface area contributed by atoms with Gasteiger partial charge in [-0.15, -0.1) is 0 Å². The van der Waals surface area contributed by atoms with Crippen molar-refractivity contribution in [2.75, 3.05) is 14.2 Å². The van der Waals surface area contributed by atoms with Gasteiger partial charge in [-0.3, -0.25) is 0 Å². The third kappa shape index (κ3) is 2.05. The van der Waals surface area contributed by atoms with Crippen LogP contribution in [0.5, 0.6) is 0 Å². The highest BCUT2D eigenvalue weighted by atomic mass is 16.5. The first kappa shape index (κ1) is 9.07. The van der Waals surface area contributed by atoms with Gasteiger partial charge in [-0.05, 0) is 37.2 Å². The van der Waals surface area contributed by atoms with E-state index in [1.165, 1.54) is 19.3 Å². The predicted molar refractivity (Wildman–Crippen MR) is 51.3 cm³/mol. The lowest BCUT2D eigenvalue weighted by atomic mass is 9.88. The van der Waals surface area contributed by atoms with Crippen LogP contribution in [0.25, 0.3) is 0 Å². The molecule has 0 aromatic carbocycles. The lowest BCUT2D eigenvalue weighted by Gasteiger charge is -2.26. The fourth-order valence-corrected chi connectivity index (χ4v) is 2.17. The van der Waals surface area contributed by atoms with E-state index in [9.17, 15) is 0 Å². The number of ether oxygens (including phenoxy) is 2. The van der Waals surface area contributed by atoms with E-state index < -0.39 is 0 Å². The summed E-state index contributed by atoms with van der Waals surface area (Å²) >= 11 is 0. The molecule has 2 nitrogen and oxygen atoms in total. The van der Waals surface area contributed by atoms with Gasteiger partial charge in [0.25, 0.3) is 0 Å². The lowest BCUT2D eigenvalue weighted by Crippen LogP contribution is -2.22. The van der Waals surface area contributed by atoms with Crippen molar-refractivity contribution in [2.24, 2.45) is 11.8 Å². The van der Waals surface area contributed by atoms with E-state index in [1.807, 2.05) is 0 Å². The molecule has 0 aromatic rings. The van der Waals surface area contributed by atoms with Crippen LogP contribution in [-0.2, 0) is 9.47 Å². The largest absolute Gasteiger partial charge is 0.501 e. The Morgan fingerprint density at radius 3 is 2.62 bits per heavy atom. The molecule has 0 heterocycles. The van der Waals surface area contributed by atoms with Crippen molar-refractivity contribution in [3.05, 3.63) is 11.8 Å². The van der Waals surface area contributed by atoms with E-state index in [0.29, 0.717) is 12.0 Å². The molecule has 0 spiro atoms. The molecule has 2 rings (SSSR count). The molecule has 0 aliphatic heterocycles. The molecule has 0 saturated heterocycles. The van der Waals surface area contributed by atoms with Gasteiger partial charge >= 0.3 is 0 Å². The first-order chi connectivity index (χ1) is 6.33. The molecule has 2 atom stereocenters. The first-order valence-electron chi connectivity index (χ1n) is 5.11. The standard InChI is InChI=1S/C11H18O2/c1-12-10-5-9(8-3-4-8)6-11(7-10)13-2/h5,8-9,11H,3-4,6-7H2,1-2H3/t9-,11-/m0/s1. The zero-order valence-electron chi connectivity index (χ0n) is 8.45. The highest BCUT2D eigenvalue weighted by Crippen LogP contribution is 2.43. The van der Waals surface area contributed by atoms with Crippen LogP contribution in [0, 0.1) is 11.8 Å². The maximum Gasteiger partial charge on any atom is 0.0944 e. The molecule has 0 aromatic heterocycles. The molecule has 0 N–H and O–H groups in total. The van der Waals surface area contributed by atoms with Gasteiger partial charge < -0.3 is 9.47 Å². The van der Waals surface area contributed by atoms with Crippen molar-refractivity contribution in [1.29, 1.82) is 0 Å². The van der Waals surface area contributed by atoms with Crippen molar-refractivity contribution < 1.29 is 9.47 Å². The number of hydrogen-bond acceptors (Lipinski definition) is 2. The number of allylic oxidation sites excluding steroid dienone is 1. The average molecular weight is 182 g/mol. The zero-order chi connectivity index (χ0) is 9.26. The molecule has 13 heavy (non-hydrogen) atoms. The van der Waals surface area contributed by atoms with Gasteiger partial charge in [0, 0.05) is 13.5 Å². The topological polar surface area (TPSA) is 18.5 Å². The van der Waals surface area contributed by atoms with Gasteiger partial charge in [-0.25, -0.2) is 0 Å². The Balaban J connectivity index is 2.01. The number of rotatable bonds is 3. The molecule has 74 valence electrons. The zero-order valence-corrected chi connectivity index (χ0v) is 8.45. The summed E-state index contributed by atoms with van der Waals surface area (Å²) in [5.41, 5.74) is 0. The molecule has 1 saturated carbocycles. The molecular weight excluding hydrogens is 164 g/mol. The van der Waals surface area contributed by atoms with Crippen LogP contribution in [-0.4, -0.2) is 20.3 Å². The van der Waals surface area contributed by atoms with Crippen molar-refractivity contribution in [1.82, 2.24) is 0 Å². The lowest BCUT2D eigenvalue weighted by molar-refractivity contribution is 0.0602. The fourth-order valence-electron chi connectivity index (χ4n) is 2.17. The number of hydrogen-bond donors (Lipinski definition) is 0. The molecule has 2 aliphatic carbocycles. The van der Waals surface area contributed by atoms with Gasteiger partial charge in [-0.2, -0.15) is 0 Å². The minimum atomic E-state index is 0.380. The summed E-state index contributed by atoms with van der Waals surface area (Å²) in [6, 6.07) is 0. The SMILES string of the molecule is COC1=C[C@H](C2CC2)C[C@H](OC)C1. The Kier molecular flexibility index (Phi) is 2.58. The van der Waals surface area contributed by atoms with Crippen molar-refractivity contribution in [3.8, 4) is 0 Å². The minimum Gasteiger partial charge on any atom is -0.501 e. The highest BCUT2D eigenvalue weighted by molar-refractivity contribution is 5.07. The van der Waals surface area contributed by atoms with Gasteiger partial charge in [0.05, 0.1) is 19.0 Å². The second-order valence-electron chi connectivity index (χ2n) is 4.14. The van der Waals surface area contributed by atoms with E-state index in [0.717, 1.165) is 18.1 Å². The van der Waals surface area contributed by atoms with Crippen molar-refractivity contribution >= 4 is 0 Å². The van der Waals surface area contributed by atoms with Crippen LogP contribution in [0.15, 0.2) is 11.8 Å². The molecule has 1 fully saturated rings. The monoisotopic (exact) mass is 182 g/mol. The third-order valence-corrected chi connectivity index (χ3v) is 3.19. The number of methoxy groups -OCH3 is 2. The summed E-state index contributed by atoms with van der Waals surface area (Å²) in [4.78, 5) is 0. The minimum absolute atomic E-state index is 0.380. The Morgan fingerprint density at radius 2 is 2.08 bits per heavy atom. The van der Waals surface area contributed by atoms with Crippen molar-refractivity contribution in [3.63, 3.8) is 0 Å². The van der Waals surface area contributed by atoms with E-state index in [1.54, 1.807) is 14.2 Å². The molecule has 2 aliphatic rings. The summed E-state index contributed by atoms with van der Waals surface area (Å²) in [6.07, 6.45) is 7.63. The molecule has 0 amide bonds. The summed E-state index contributed by atoms with van der Waals surface area (Å²) in [5.74, 6) is 2.76.